The Hall–Kier alpha value is -2.74. The third kappa shape index (κ3) is 4.64. The van der Waals surface area contributed by atoms with Crippen LogP contribution in [-0.2, 0) is 20.9 Å². The fraction of sp³-hybridized carbons (Fsp3) is 0.381. The summed E-state index contributed by atoms with van der Waals surface area (Å²) in [6, 6.07) is 7.86. The maximum Gasteiger partial charge on any atom is 0.330 e. The molecular weight excluding hydrogens is 394 g/mol. The van der Waals surface area contributed by atoms with Crippen molar-refractivity contribution in [1.82, 2.24) is 4.90 Å². The Bertz CT molecular complexity index is 895. The maximum absolute atomic E-state index is 12.8. The van der Waals surface area contributed by atoms with Gasteiger partial charge in [0.2, 0.25) is 5.91 Å². The number of ether oxygens (including phenoxy) is 2. The van der Waals surface area contributed by atoms with E-state index in [9.17, 15) is 14.4 Å². The second-order valence-corrected chi connectivity index (χ2v) is 7.68. The van der Waals surface area contributed by atoms with Crippen LogP contribution in [0.4, 0.5) is 0 Å². The van der Waals surface area contributed by atoms with E-state index >= 15 is 0 Å². The summed E-state index contributed by atoms with van der Waals surface area (Å²) >= 11 is 1.45. The van der Waals surface area contributed by atoms with Crippen LogP contribution in [0.25, 0.3) is 0 Å². The predicted molar refractivity (Wildman–Crippen MR) is 108 cm³/mol. The fourth-order valence-corrected chi connectivity index (χ4v) is 4.59. The molecule has 1 aliphatic heterocycles. The molecule has 0 unspecified atom stereocenters. The number of amides is 1. The zero-order chi connectivity index (χ0) is 21.0. The molecule has 0 saturated carbocycles. The maximum atomic E-state index is 12.8. The number of rotatable bonds is 7. The Labute approximate surface area is 173 Å². The SMILES string of the molecule is CCOc1ccc(C(C)=O)cc1COC(=O)[C@H]1CS[C@@H](c2ccco2)N1C(C)=O. The standard InChI is InChI=1S/C21H23NO6S/c1-4-26-18-8-7-15(13(2)23)10-16(18)11-28-21(25)17-12-29-20(22(17)14(3)24)19-6-5-9-27-19/h5-10,17,20H,4,11-12H2,1-3H3/t17-,20+/m1/s1. The topological polar surface area (TPSA) is 86.1 Å². The van der Waals surface area contributed by atoms with Crippen molar-refractivity contribution < 1.29 is 28.3 Å². The number of furan rings is 1. The largest absolute Gasteiger partial charge is 0.493 e. The van der Waals surface area contributed by atoms with Crippen LogP contribution in [0.2, 0.25) is 0 Å². The molecule has 1 aromatic carbocycles. The van der Waals surface area contributed by atoms with Crippen molar-refractivity contribution in [3.05, 3.63) is 53.5 Å². The highest BCUT2D eigenvalue weighted by Gasteiger charge is 2.43. The van der Waals surface area contributed by atoms with Crippen LogP contribution >= 0.6 is 11.8 Å². The second kappa shape index (κ2) is 9.17. The Morgan fingerprint density at radius 2 is 2.03 bits per heavy atom. The summed E-state index contributed by atoms with van der Waals surface area (Å²) in [5, 5.41) is -0.361. The first-order valence-electron chi connectivity index (χ1n) is 9.29. The molecule has 0 N–H and O–H groups in total. The molecule has 8 heteroatoms. The van der Waals surface area contributed by atoms with Gasteiger partial charge in [0.25, 0.3) is 0 Å². The zero-order valence-corrected chi connectivity index (χ0v) is 17.4. The molecule has 1 aromatic heterocycles. The number of nitrogens with zero attached hydrogens (tertiary/aromatic N) is 1. The van der Waals surface area contributed by atoms with Crippen LogP contribution in [0.5, 0.6) is 5.75 Å². The van der Waals surface area contributed by atoms with Gasteiger partial charge in [0.15, 0.2) is 5.78 Å². The van der Waals surface area contributed by atoms with Crippen LogP contribution in [0.1, 0.15) is 47.8 Å². The van der Waals surface area contributed by atoms with Crippen molar-refractivity contribution in [3.63, 3.8) is 0 Å². The summed E-state index contributed by atoms with van der Waals surface area (Å²) < 4.78 is 16.5. The number of hydrogen-bond donors (Lipinski definition) is 0. The normalized spacial score (nSPS) is 18.5. The number of carbonyl (C=O) groups excluding carboxylic acids is 3. The molecular formula is C21H23NO6S. The van der Waals surface area contributed by atoms with Crippen LogP contribution < -0.4 is 4.74 Å². The Morgan fingerprint density at radius 1 is 1.24 bits per heavy atom. The highest BCUT2D eigenvalue weighted by atomic mass is 32.2. The summed E-state index contributed by atoms with van der Waals surface area (Å²) in [4.78, 5) is 38.1. The molecule has 7 nitrogen and oxygen atoms in total. The first-order chi connectivity index (χ1) is 13.9. The molecule has 1 fully saturated rings. The van der Waals surface area contributed by atoms with E-state index in [1.165, 1.54) is 36.8 Å². The summed E-state index contributed by atoms with van der Waals surface area (Å²) in [7, 11) is 0. The molecule has 1 aliphatic rings. The quantitative estimate of drug-likeness (QED) is 0.503. The van der Waals surface area contributed by atoms with E-state index in [2.05, 4.69) is 0 Å². The Morgan fingerprint density at radius 3 is 2.66 bits per heavy atom. The monoisotopic (exact) mass is 417 g/mol. The van der Waals surface area contributed by atoms with Crippen molar-refractivity contribution >= 4 is 29.4 Å². The molecule has 0 radical (unpaired) electrons. The highest BCUT2D eigenvalue weighted by molar-refractivity contribution is 7.99. The average molecular weight is 417 g/mol. The predicted octanol–water partition coefficient (Wildman–Crippen LogP) is 3.59. The van der Waals surface area contributed by atoms with Gasteiger partial charge in [-0.25, -0.2) is 4.79 Å². The van der Waals surface area contributed by atoms with Crippen molar-refractivity contribution in [2.45, 2.75) is 38.8 Å². The van der Waals surface area contributed by atoms with Crippen molar-refractivity contribution in [3.8, 4) is 5.75 Å². The summed E-state index contributed by atoms with van der Waals surface area (Å²) in [5.74, 6) is 0.771. The number of carbonyl (C=O) groups is 3. The molecule has 154 valence electrons. The van der Waals surface area contributed by atoms with Crippen LogP contribution in [0.3, 0.4) is 0 Å². The van der Waals surface area contributed by atoms with E-state index in [-0.39, 0.29) is 23.7 Å². The van der Waals surface area contributed by atoms with E-state index in [1.807, 2.05) is 6.92 Å². The molecule has 0 spiro atoms. The van der Waals surface area contributed by atoms with Gasteiger partial charge in [0.1, 0.15) is 29.5 Å². The molecule has 0 aliphatic carbocycles. The van der Waals surface area contributed by atoms with Gasteiger partial charge in [-0.05, 0) is 44.2 Å². The van der Waals surface area contributed by atoms with Crippen LogP contribution in [-0.4, -0.2) is 41.0 Å². The van der Waals surface area contributed by atoms with Crippen molar-refractivity contribution in [2.75, 3.05) is 12.4 Å². The van der Waals surface area contributed by atoms with E-state index < -0.39 is 12.0 Å². The number of thioether (sulfide) groups is 1. The van der Waals surface area contributed by atoms with E-state index in [0.29, 0.717) is 35.0 Å². The molecule has 2 atom stereocenters. The minimum Gasteiger partial charge on any atom is -0.493 e. The van der Waals surface area contributed by atoms with E-state index in [4.69, 9.17) is 13.9 Å². The van der Waals surface area contributed by atoms with Crippen LogP contribution in [0.15, 0.2) is 41.0 Å². The number of Topliss-reactive ketones (excluding diaryl/α,β-unsaturated/α-hetero) is 1. The van der Waals surface area contributed by atoms with Crippen LogP contribution in [0, 0.1) is 0 Å². The second-order valence-electron chi connectivity index (χ2n) is 6.56. The van der Waals surface area contributed by atoms with Gasteiger partial charge in [0, 0.05) is 23.8 Å². The number of benzene rings is 1. The molecule has 1 amide bonds. The summed E-state index contributed by atoms with van der Waals surface area (Å²) in [6.07, 6.45) is 1.54. The molecule has 3 rings (SSSR count). The third-order valence-electron chi connectivity index (χ3n) is 4.56. The van der Waals surface area contributed by atoms with Gasteiger partial charge in [-0.3, -0.25) is 9.59 Å². The van der Waals surface area contributed by atoms with Gasteiger partial charge in [-0.1, -0.05) is 0 Å². The van der Waals surface area contributed by atoms with Gasteiger partial charge < -0.3 is 18.8 Å². The molecule has 2 aromatic rings. The lowest BCUT2D eigenvalue weighted by Gasteiger charge is -2.26. The first-order valence-corrected chi connectivity index (χ1v) is 10.3. The van der Waals surface area contributed by atoms with Gasteiger partial charge in [-0.2, -0.15) is 0 Å². The summed E-state index contributed by atoms with van der Waals surface area (Å²) in [6.45, 7) is 5.15. The average Bonchev–Trinajstić information content (AvgIpc) is 3.36. The third-order valence-corrected chi connectivity index (χ3v) is 5.84. The van der Waals surface area contributed by atoms with Gasteiger partial charge in [-0.15, -0.1) is 11.8 Å². The number of esters is 1. The van der Waals surface area contributed by atoms with Gasteiger partial charge >= 0.3 is 5.97 Å². The lowest BCUT2D eigenvalue weighted by molar-refractivity contribution is -0.154. The van der Waals surface area contributed by atoms with Crippen molar-refractivity contribution in [1.29, 1.82) is 0 Å². The van der Waals surface area contributed by atoms with E-state index in [0.717, 1.165) is 0 Å². The molecule has 0 bridgehead atoms. The Balaban J connectivity index is 1.74. The van der Waals surface area contributed by atoms with Crippen molar-refractivity contribution in [2.24, 2.45) is 0 Å². The Kier molecular flexibility index (Phi) is 6.64. The molecule has 1 saturated heterocycles. The smallest absolute Gasteiger partial charge is 0.330 e. The van der Waals surface area contributed by atoms with Gasteiger partial charge in [0.05, 0.1) is 12.9 Å². The lowest BCUT2D eigenvalue weighted by atomic mass is 10.1. The zero-order valence-electron chi connectivity index (χ0n) is 16.5. The van der Waals surface area contributed by atoms with E-state index in [1.54, 1.807) is 30.3 Å². The lowest BCUT2D eigenvalue weighted by Crippen LogP contribution is -2.42. The minimum atomic E-state index is -0.709. The molecule has 2 heterocycles. The number of ketones is 1. The molecule has 29 heavy (non-hydrogen) atoms. The fourth-order valence-electron chi connectivity index (χ4n) is 3.18. The first kappa shape index (κ1) is 21.0. The minimum absolute atomic E-state index is 0.0480. The highest BCUT2D eigenvalue weighted by Crippen LogP contribution is 2.42. The summed E-state index contributed by atoms with van der Waals surface area (Å²) in [5.41, 5.74) is 1.12. The number of hydrogen-bond acceptors (Lipinski definition) is 7.